The van der Waals surface area contributed by atoms with Crippen LogP contribution in [-0.2, 0) is 0 Å². The first-order valence-electron chi connectivity index (χ1n) is 5.09. The van der Waals surface area contributed by atoms with Gasteiger partial charge in [0.15, 0.2) is 6.07 Å². The number of rotatable bonds is 0. The Morgan fingerprint density at radius 2 is 1.62 bits per heavy atom. The van der Waals surface area contributed by atoms with Crippen LogP contribution in [0.15, 0.2) is 23.3 Å². The summed E-state index contributed by atoms with van der Waals surface area (Å²) in [7, 11) is 0. The van der Waals surface area contributed by atoms with Crippen LogP contribution in [0.1, 0.15) is 12.8 Å². The molecule has 2 heteroatoms. The predicted molar refractivity (Wildman–Crippen MR) is 59.2 cm³/mol. The van der Waals surface area contributed by atoms with Gasteiger partial charge in [-0.3, -0.25) is 0 Å². The second kappa shape index (κ2) is 4.40. The zero-order chi connectivity index (χ0) is 11.4. The van der Waals surface area contributed by atoms with Gasteiger partial charge in [0.05, 0.1) is 6.07 Å². The Labute approximate surface area is 94.9 Å². The SMILES string of the molecule is N#CC#CC#CC1=C(C#N)[C@@H]2C=C[C@H]1CC2. The summed E-state index contributed by atoms with van der Waals surface area (Å²) < 4.78 is 0. The first kappa shape index (κ1) is 10.1. The third-order valence-electron chi connectivity index (χ3n) is 2.89. The summed E-state index contributed by atoms with van der Waals surface area (Å²) in [6, 6.07) is 3.94. The molecule has 0 saturated heterocycles. The molecule has 3 aliphatic rings. The van der Waals surface area contributed by atoms with Crippen molar-refractivity contribution in [3.05, 3.63) is 23.3 Å². The Balaban J connectivity index is 2.35. The van der Waals surface area contributed by atoms with Crippen LogP contribution in [0.3, 0.4) is 0 Å². The quantitative estimate of drug-likeness (QED) is 0.447. The summed E-state index contributed by atoms with van der Waals surface area (Å²) in [5.41, 5.74) is 1.68. The van der Waals surface area contributed by atoms with E-state index >= 15 is 0 Å². The van der Waals surface area contributed by atoms with Crippen molar-refractivity contribution >= 4 is 0 Å². The van der Waals surface area contributed by atoms with E-state index in [1.807, 2.05) is 0 Å². The number of hydrogen-bond acceptors (Lipinski definition) is 2. The van der Waals surface area contributed by atoms with E-state index in [1.165, 1.54) is 0 Å². The number of nitriles is 2. The molecule has 2 bridgehead atoms. The van der Waals surface area contributed by atoms with E-state index in [-0.39, 0.29) is 11.8 Å². The second-order valence-corrected chi connectivity index (χ2v) is 3.73. The van der Waals surface area contributed by atoms with Gasteiger partial charge in [0.2, 0.25) is 0 Å². The summed E-state index contributed by atoms with van der Waals surface area (Å²) in [6.07, 6.45) is 6.32. The molecule has 0 aromatic heterocycles. The van der Waals surface area contributed by atoms with Crippen LogP contribution in [0, 0.1) is 58.2 Å². The van der Waals surface area contributed by atoms with Gasteiger partial charge in [0.25, 0.3) is 0 Å². The van der Waals surface area contributed by atoms with Crippen LogP contribution in [0.25, 0.3) is 0 Å². The van der Waals surface area contributed by atoms with E-state index in [1.54, 1.807) is 6.07 Å². The third kappa shape index (κ3) is 1.70. The zero-order valence-corrected chi connectivity index (χ0v) is 8.62. The number of fused-ring (bicyclic) bond motifs is 1. The standard InChI is InChI=1S/C14H8N2/c15-9-3-1-2-4-13-11-5-7-12(8-6-11)14(13)10-16/h5,7,11-12H,6,8H2/t11-,12+/m0/s1. The molecule has 0 unspecified atom stereocenters. The highest BCUT2D eigenvalue weighted by molar-refractivity contribution is 5.52. The molecule has 74 valence electrons. The first-order chi connectivity index (χ1) is 7.86. The maximum atomic E-state index is 9.09. The molecule has 3 aliphatic carbocycles. The minimum atomic E-state index is 0.239. The van der Waals surface area contributed by atoms with Gasteiger partial charge in [-0.25, -0.2) is 0 Å². The summed E-state index contributed by atoms with van der Waals surface area (Å²) in [5, 5.41) is 17.3. The van der Waals surface area contributed by atoms with Gasteiger partial charge in [-0.05, 0) is 18.8 Å². The lowest BCUT2D eigenvalue weighted by molar-refractivity contribution is 0.501. The maximum absolute atomic E-state index is 9.09. The van der Waals surface area contributed by atoms with E-state index in [9.17, 15) is 0 Å². The van der Waals surface area contributed by atoms with Crippen molar-refractivity contribution in [2.24, 2.45) is 11.8 Å². The fraction of sp³-hybridized carbons (Fsp3) is 0.286. The number of nitrogens with zero attached hydrogens (tertiary/aromatic N) is 2. The van der Waals surface area contributed by atoms with Crippen LogP contribution in [0.5, 0.6) is 0 Å². The topological polar surface area (TPSA) is 47.6 Å². The van der Waals surface area contributed by atoms with Crippen molar-refractivity contribution in [3.8, 4) is 35.8 Å². The van der Waals surface area contributed by atoms with Gasteiger partial charge in [0, 0.05) is 34.8 Å². The molecule has 0 spiro atoms. The number of hydrogen-bond donors (Lipinski definition) is 0. The monoisotopic (exact) mass is 204 g/mol. The molecule has 0 radical (unpaired) electrons. The summed E-state index contributed by atoms with van der Waals surface area (Å²) in [5.74, 6) is 10.7. The minimum Gasteiger partial charge on any atom is -0.193 e. The van der Waals surface area contributed by atoms with Crippen molar-refractivity contribution in [2.75, 3.05) is 0 Å². The molecule has 0 amide bonds. The van der Waals surface area contributed by atoms with Crippen LogP contribution in [0.4, 0.5) is 0 Å². The molecule has 0 N–H and O–H groups in total. The largest absolute Gasteiger partial charge is 0.193 e. The van der Waals surface area contributed by atoms with Crippen molar-refractivity contribution in [2.45, 2.75) is 12.8 Å². The molecule has 0 saturated carbocycles. The van der Waals surface area contributed by atoms with Gasteiger partial charge < -0.3 is 0 Å². The van der Waals surface area contributed by atoms with Crippen LogP contribution >= 0.6 is 0 Å². The predicted octanol–water partition coefficient (Wildman–Crippen LogP) is 1.93. The molecule has 16 heavy (non-hydrogen) atoms. The number of allylic oxidation sites excluding steroid dienone is 4. The van der Waals surface area contributed by atoms with E-state index in [0.717, 1.165) is 24.0 Å². The summed E-state index contributed by atoms with van der Waals surface area (Å²) in [4.78, 5) is 0. The maximum Gasteiger partial charge on any atom is 0.153 e. The average molecular weight is 204 g/mol. The molecule has 0 heterocycles. The zero-order valence-electron chi connectivity index (χ0n) is 8.62. The van der Waals surface area contributed by atoms with Crippen molar-refractivity contribution < 1.29 is 0 Å². The van der Waals surface area contributed by atoms with Crippen LogP contribution in [-0.4, -0.2) is 0 Å². The molecule has 2 nitrogen and oxygen atoms in total. The molecule has 2 atom stereocenters. The third-order valence-corrected chi connectivity index (χ3v) is 2.89. The first-order valence-corrected chi connectivity index (χ1v) is 5.09. The lowest BCUT2D eigenvalue weighted by Crippen LogP contribution is -2.20. The fourth-order valence-corrected chi connectivity index (χ4v) is 2.16. The smallest absolute Gasteiger partial charge is 0.153 e. The van der Waals surface area contributed by atoms with E-state index in [2.05, 4.69) is 41.9 Å². The Morgan fingerprint density at radius 3 is 2.19 bits per heavy atom. The van der Waals surface area contributed by atoms with E-state index in [4.69, 9.17) is 10.5 Å². The molecule has 0 fully saturated rings. The Morgan fingerprint density at radius 1 is 0.938 bits per heavy atom. The highest BCUT2D eigenvalue weighted by Crippen LogP contribution is 2.39. The van der Waals surface area contributed by atoms with Gasteiger partial charge in [-0.15, -0.1) is 0 Å². The Hall–Kier alpha value is -2.42. The minimum absolute atomic E-state index is 0.239. The van der Waals surface area contributed by atoms with Gasteiger partial charge in [-0.2, -0.15) is 10.5 Å². The van der Waals surface area contributed by atoms with Crippen molar-refractivity contribution in [3.63, 3.8) is 0 Å². The fourth-order valence-electron chi connectivity index (χ4n) is 2.16. The lowest BCUT2D eigenvalue weighted by atomic mass is 9.72. The summed E-state index contributed by atoms with van der Waals surface area (Å²) >= 11 is 0. The molecule has 0 aromatic rings. The Bertz CT molecular complexity index is 571. The molecular formula is C14H8N2. The highest BCUT2D eigenvalue weighted by atomic mass is 14.4. The van der Waals surface area contributed by atoms with Gasteiger partial charge >= 0.3 is 0 Å². The van der Waals surface area contributed by atoms with E-state index < -0.39 is 0 Å². The Kier molecular flexibility index (Phi) is 2.78. The molecule has 0 aliphatic heterocycles. The van der Waals surface area contributed by atoms with Crippen molar-refractivity contribution in [1.29, 1.82) is 10.5 Å². The van der Waals surface area contributed by atoms with Crippen LogP contribution in [0.2, 0.25) is 0 Å². The lowest BCUT2D eigenvalue weighted by Gasteiger charge is -2.30. The summed E-state index contributed by atoms with van der Waals surface area (Å²) in [6.45, 7) is 0. The van der Waals surface area contributed by atoms with Gasteiger partial charge in [-0.1, -0.05) is 18.1 Å². The van der Waals surface area contributed by atoms with E-state index in [0.29, 0.717) is 0 Å². The molecular weight excluding hydrogens is 196 g/mol. The van der Waals surface area contributed by atoms with Crippen LogP contribution < -0.4 is 0 Å². The second-order valence-electron chi connectivity index (χ2n) is 3.73. The van der Waals surface area contributed by atoms with Gasteiger partial charge in [0.1, 0.15) is 0 Å². The average Bonchev–Trinajstić information content (AvgIpc) is 2.35. The normalized spacial score (nSPS) is 24.6. The molecule has 3 rings (SSSR count). The van der Waals surface area contributed by atoms with Crippen molar-refractivity contribution in [1.82, 2.24) is 0 Å². The highest BCUT2D eigenvalue weighted by Gasteiger charge is 2.30. The molecule has 0 aromatic carbocycles.